The van der Waals surface area contributed by atoms with Crippen LogP contribution in [0.15, 0.2) is 61.2 Å². The number of hydrogen-bond donors (Lipinski definition) is 0. The highest BCUT2D eigenvalue weighted by Crippen LogP contribution is 2.24. The van der Waals surface area contributed by atoms with E-state index in [1.165, 1.54) is 0 Å². The average molecular weight is 480 g/mol. The van der Waals surface area contributed by atoms with Crippen LogP contribution in [0.25, 0.3) is 16.9 Å². The van der Waals surface area contributed by atoms with Crippen LogP contribution in [0.5, 0.6) is 0 Å². The zero-order valence-electron chi connectivity index (χ0n) is 21.2. The summed E-state index contributed by atoms with van der Waals surface area (Å²) < 4.78 is 1.68. The van der Waals surface area contributed by atoms with E-state index in [0.29, 0.717) is 11.3 Å². The van der Waals surface area contributed by atoms with Crippen LogP contribution in [0.4, 0.5) is 0 Å². The van der Waals surface area contributed by atoms with E-state index in [9.17, 15) is 10.1 Å². The molecule has 0 atom stereocenters. The van der Waals surface area contributed by atoms with Gasteiger partial charge in [0, 0.05) is 42.7 Å². The van der Waals surface area contributed by atoms with Crippen LogP contribution in [-0.4, -0.2) is 49.7 Å². The molecule has 0 bridgehead atoms. The molecule has 0 radical (unpaired) electrons. The minimum absolute atomic E-state index is 0.0368. The van der Waals surface area contributed by atoms with Crippen LogP contribution >= 0.6 is 0 Å². The predicted molar refractivity (Wildman–Crippen MR) is 138 cm³/mol. The van der Waals surface area contributed by atoms with Crippen molar-refractivity contribution < 1.29 is 4.79 Å². The third kappa shape index (κ3) is 5.53. The van der Waals surface area contributed by atoms with E-state index in [4.69, 9.17) is 0 Å². The van der Waals surface area contributed by atoms with Gasteiger partial charge in [-0.1, -0.05) is 23.4 Å². The number of Topliss-reactive ketones (excluding diaryl/α,β-unsaturated/α-hetero) is 1. The molecule has 0 spiro atoms. The van der Waals surface area contributed by atoms with Gasteiger partial charge in [0.15, 0.2) is 5.78 Å². The van der Waals surface area contributed by atoms with E-state index in [-0.39, 0.29) is 12.2 Å². The summed E-state index contributed by atoms with van der Waals surface area (Å²) in [7, 11) is 4.03. The van der Waals surface area contributed by atoms with E-state index in [2.05, 4.69) is 37.3 Å². The molecule has 0 aliphatic carbocycles. The van der Waals surface area contributed by atoms with Gasteiger partial charge in [0.05, 0.1) is 29.1 Å². The number of benzene rings is 1. The Balaban J connectivity index is 1.57. The first-order chi connectivity index (χ1) is 17.2. The van der Waals surface area contributed by atoms with Gasteiger partial charge < -0.3 is 4.90 Å². The van der Waals surface area contributed by atoms with Crippen molar-refractivity contribution in [1.82, 2.24) is 29.9 Å². The molecule has 182 valence electrons. The lowest BCUT2D eigenvalue weighted by molar-refractivity contribution is 0.0992. The number of aryl methyl sites for hydroxylation is 1. The van der Waals surface area contributed by atoms with Crippen LogP contribution in [0.2, 0.25) is 0 Å². The molecule has 0 fully saturated rings. The Morgan fingerprint density at radius 1 is 1.11 bits per heavy atom. The number of carbonyl (C=O) groups is 1. The average Bonchev–Trinajstić information content (AvgIpc) is 3.35. The number of ketones is 1. The number of carbonyl (C=O) groups excluding carboxylic acids is 1. The first-order valence-electron chi connectivity index (χ1n) is 11.7. The van der Waals surface area contributed by atoms with Crippen LogP contribution in [0.1, 0.15) is 46.6 Å². The Morgan fingerprint density at radius 3 is 2.67 bits per heavy atom. The Kier molecular flexibility index (Phi) is 7.04. The van der Waals surface area contributed by atoms with Crippen molar-refractivity contribution in [3.05, 3.63) is 89.1 Å². The number of nitriles is 1. The molecular weight excluding hydrogens is 450 g/mol. The van der Waals surface area contributed by atoms with Crippen LogP contribution < -0.4 is 0 Å². The largest absolute Gasteiger partial charge is 0.305 e. The summed E-state index contributed by atoms with van der Waals surface area (Å²) in [5, 5.41) is 18.1. The highest BCUT2D eigenvalue weighted by molar-refractivity contribution is 5.97. The Morgan fingerprint density at radius 2 is 1.92 bits per heavy atom. The van der Waals surface area contributed by atoms with Crippen molar-refractivity contribution in [2.24, 2.45) is 0 Å². The van der Waals surface area contributed by atoms with Gasteiger partial charge in [0.1, 0.15) is 5.69 Å². The molecule has 8 heteroatoms. The van der Waals surface area contributed by atoms with Gasteiger partial charge in [-0.05, 0) is 69.8 Å². The van der Waals surface area contributed by atoms with Gasteiger partial charge in [-0.25, -0.2) is 4.68 Å². The third-order valence-electron chi connectivity index (χ3n) is 6.00. The van der Waals surface area contributed by atoms with E-state index in [1.807, 2.05) is 65.5 Å². The molecule has 0 unspecified atom stereocenters. The monoisotopic (exact) mass is 479 g/mol. The predicted octanol–water partition coefficient (Wildman–Crippen LogP) is 4.32. The van der Waals surface area contributed by atoms with Gasteiger partial charge >= 0.3 is 0 Å². The molecule has 4 aromatic rings. The van der Waals surface area contributed by atoms with Gasteiger partial charge in [0.25, 0.3) is 0 Å². The second kappa shape index (κ2) is 10.2. The number of rotatable bonds is 8. The second-order valence-electron chi connectivity index (χ2n) is 9.73. The standard InChI is InChI=1S/C28H29N7O/c1-19-26(35-17-25(32-33-35)23-9-21(13-30-15-23)16-34(4)5)10-20(14-31-19)11-27(36)22-7-6-8-24(12-22)28(2,3)18-29/h6-10,12-15,17H,11,16H2,1-5H3. The fraction of sp³-hybridized carbons (Fsp3) is 0.286. The van der Waals surface area contributed by atoms with Gasteiger partial charge in [0.2, 0.25) is 0 Å². The summed E-state index contributed by atoms with van der Waals surface area (Å²) in [6, 6.07) is 13.5. The summed E-state index contributed by atoms with van der Waals surface area (Å²) in [6.07, 6.45) is 7.37. The molecule has 3 aromatic heterocycles. The minimum atomic E-state index is -0.666. The van der Waals surface area contributed by atoms with Crippen molar-refractivity contribution >= 4 is 5.78 Å². The number of pyridine rings is 2. The first kappa shape index (κ1) is 24.9. The van der Waals surface area contributed by atoms with Gasteiger partial charge in [-0.2, -0.15) is 5.26 Å². The van der Waals surface area contributed by atoms with Gasteiger partial charge in [-0.15, -0.1) is 5.10 Å². The molecule has 4 rings (SSSR count). The Labute approximate surface area is 211 Å². The lowest BCUT2D eigenvalue weighted by Crippen LogP contribution is -2.15. The van der Waals surface area contributed by atoms with Crippen LogP contribution in [0, 0.1) is 18.3 Å². The zero-order valence-corrected chi connectivity index (χ0v) is 21.2. The minimum Gasteiger partial charge on any atom is -0.305 e. The lowest BCUT2D eigenvalue weighted by Gasteiger charge is -2.16. The Hall–Kier alpha value is -4.22. The van der Waals surface area contributed by atoms with Crippen molar-refractivity contribution in [3.63, 3.8) is 0 Å². The zero-order chi connectivity index (χ0) is 25.9. The summed E-state index contributed by atoms with van der Waals surface area (Å²) in [6.45, 7) is 6.36. The summed E-state index contributed by atoms with van der Waals surface area (Å²) in [4.78, 5) is 24.0. The molecule has 0 N–H and O–H groups in total. The van der Waals surface area contributed by atoms with Crippen molar-refractivity contribution in [1.29, 1.82) is 5.26 Å². The van der Waals surface area contributed by atoms with Crippen molar-refractivity contribution in [2.75, 3.05) is 14.1 Å². The highest BCUT2D eigenvalue weighted by Gasteiger charge is 2.21. The van der Waals surface area contributed by atoms with E-state index in [1.54, 1.807) is 29.2 Å². The second-order valence-corrected chi connectivity index (χ2v) is 9.73. The topological polar surface area (TPSA) is 101 Å². The maximum Gasteiger partial charge on any atom is 0.167 e. The number of aromatic nitrogens is 5. The highest BCUT2D eigenvalue weighted by atomic mass is 16.1. The maximum absolute atomic E-state index is 13.1. The molecule has 1 aromatic carbocycles. The fourth-order valence-corrected chi connectivity index (χ4v) is 3.92. The smallest absolute Gasteiger partial charge is 0.167 e. The van der Waals surface area contributed by atoms with Crippen LogP contribution in [0.3, 0.4) is 0 Å². The summed E-state index contributed by atoms with van der Waals surface area (Å²) in [5.41, 5.74) is 5.73. The Bertz CT molecular complexity index is 1450. The van der Waals surface area contributed by atoms with E-state index >= 15 is 0 Å². The van der Waals surface area contributed by atoms with Crippen LogP contribution in [-0.2, 0) is 18.4 Å². The summed E-state index contributed by atoms with van der Waals surface area (Å²) >= 11 is 0. The quantitative estimate of drug-likeness (QED) is 0.347. The first-order valence-corrected chi connectivity index (χ1v) is 11.7. The maximum atomic E-state index is 13.1. The third-order valence-corrected chi connectivity index (χ3v) is 6.00. The number of nitrogens with zero attached hydrogens (tertiary/aromatic N) is 7. The molecule has 0 saturated heterocycles. The van der Waals surface area contributed by atoms with E-state index in [0.717, 1.165) is 40.2 Å². The lowest BCUT2D eigenvalue weighted by atomic mass is 9.85. The molecule has 0 saturated carbocycles. The van der Waals surface area contributed by atoms with Gasteiger partial charge in [-0.3, -0.25) is 14.8 Å². The molecule has 3 heterocycles. The molecule has 0 aliphatic rings. The molecule has 8 nitrogen and oxygen atoms in total. The summed E-state index contributed by atoms with van der Waals surface area (Å²) in [5.74, 6) is -0.0368. The number of hydrogen-bond acceptors (Lipinski definition) is 7. The van der Waals surface area contributed by atoms with Crippen molar-refractivity contribution in [2.45, 2.75) is 39.2 Å². The fourth-order valence-electron chi connectivity index (χ4n) is 3.92. The SMILES string of the molecule is Cc1ncc(CC(=O)c2cccc(C(C)(C)C#N)c2)cc1-n1cc(-c2cncc(CN(C)C)c2)nn1. The van der Waals surface area contributed by atoms with Crippen molar-refractivity contribution in [3.8, 4) is 23.0 Å². The molecule has 0 amide bonds. The molecule has 36 heavy (non-hydrogen) atoms. The normalized spacial score (nSPS) is 11.5. The molecular formula is C28H29N7O. The molecule has 0 aliphatic heterocycles. The van der Waals surface area contributed by atoms with E-state index < -0.39 is 5.41 Å².